The lowest BCUT2D eigenvalue weighted by atomic mass is 10.1. The van der Waals surface area contributed by atoms with Gasteiger partial charge in [0.05, 0.1) is 0 Å². The average molecular weight is 369 g/mol. The molecule has 0 saturated carbocycles. The van der Waals surface area contributed by atoms with Crippen LogP contribution >= 0.6 is 22.6 Å². The number of hydrogen-bond acceptors (Lipinski definition) is 1. The monoisotopic (exact) mass is 369 g/mol. The number of nitrogens with one attached hydrogen (secondary N) is 1. The summed E-state index contributed by atoms with van der Waals surface area (Å²) < 4.78 is 14.4. The first kappa shape index (κ1) is 14.0. The van der Waals surface area contributed by atoms with E-state index in [0.29, 0.717) is 24.1 Å². The second-order valence-electron chi connectivity index (χ2n) is 4.11. The van der Waals surface area contributed by atoms with Gasteiger partial charge in [0, 0.05) is 15.7 Å². The molecule has 0 unspecified atom stereocenters. The molecule has 0 spiro atoms. The molecule has 0 saturated heterocycles. The van der Waals surface area contributed by atoms with Crippen LogP contribution in [-0.4, -0.2) is 12.5 Å². The number of carbonyl (C=O) groups excluding carboxylic acids is 1. The molecule has 98 valence electrons. The van der Waals surface area contributed by atoms with Crippen molar-refractivity contribution in [3.8, 4) is 0 Å². The molecule has 0 aromatic heterocycles. The minimum Gasteiger partial charge on any atom is -0.352 e. The van der Waals surface area contributed by atoms with Crippen LogP contribution in [0.3, 0.4) is 0 Å². The maximum atomic E-state index is 13.4. The summed E-state index contributed by atoms with van der Waals surface area (Å²) in [6.07, 6.45) is 0.488. The van der Waals surface area contributed by atoms with Gasteiger partial charge in [0.15, 0.2) is 0 Å². The fourth-order valence-corrected chi connectivity index (χ4v) is 2.29. The molecule has 1 amide bonds. The van der Waals surface area contributed by atoms with E-state index in [9.17, 15) is 9.18 Å². The first-order valence-corrected chi connectivity index (χ1v) is 7.02. The summed E-state index contributed by atoms with van der Waals surface area (Å²) >= 11 is 2.16. The fourth-order valence-electron chi connectivity index (χ4n) is 1.74. The van der Waals surface area contributed by atoms with Crippen LogP contribution in [0.2, 0.25) is 0 Å². The summed E-state index contributed by atoms with van der Waals surface area (Å²) in [6, 6.07) is 14.0. The lowest BCUT2D eigenvalue weighted by Crippen LogP contribution is -2.25. The van der Waals surface area contributed by atoms with E-state index in [2.05, 4.69) is 27.9 Å². The van der Waals surface area contributed by atoms with Crippen LogP contribution < -0.4 is 5.32 Å². The highest BCUT2D eigenvalue weighted by Gasteiger charge is 2.06. The molecule has 0 aliphatic heterocycles. The van der Waals surface area contributed by atoms with Crippen LogP contribution in [0.15, 0.2) is 48.5 Å². The average Bonchev–Trinajstić information content (AvgIpc) is 2.41. The number of rotatable bonds is 4. The molecule has 0 radical (unpaired) electrons. The maximum Gasteiger partial charge on any atom is 0.251 e. The van der Waals surface area contributed by atoms with Crippen molar-refractivity contribution in [2.45, 2.75) is 6.42 Å². The number of hydrogen-bond donors (Lipinski definition) is 1. The van der Waals surface area contributed by atoms with Crippen LogP contribution in [0.4, 0.5) is 4.39 Å². The number of amides is 1. The summed E-state index contributed by atoms with van der Waals surface area (Å²) in [5.41, 5.74) is 1.24. The highest BCUT2D eigenvalue weighted by molar-refractivity contribution is 14.1. The summed E-state index contributed by atoms with van der Waals surface area (Å²) in [5, 5.41) is 2.79. The van der Waals surface area contributed by atoms with Gasteiger partial charge in [0.2, 0.25) is 0 Å². The van der Waals surface area contributed by atoms with E-state index in [0.717, 1.165) is 3.57 Å². The van der Waals surface area contributed by atoms with Gasteiger partial charge < -0.3 is 5.32 Å². The molecule has 2 aromatic carbocycles. The molecule has 2 nitrogen and oxygen atoms in total. The summed E-state index contributed by atoms with van der Waals surface area (Å²) in [6.45, 7) is 0.422. The summed E-state index contributed by atoms with van der Waals surface area (Å²) in [4.78, 5) is 11.9. The second-order valence-corrected chi connectivity index (χ2v) is 5.35. The van der Waals surface area contributed by atoms with E-state index in [1.165, 1.54) is 6.07 Å². The number of carbonyl (C=O) groups is 1. The Kier molecular flexibility index (Phi) is 4.90. The Labute approximate surface area is 125 Å². The largest absolute Gasteiger partial charge is 0.352 e. The third kappa shape index (κ3) is 4.02. The molecular weight excluding hydrogens is 356 g/mol. The zero-order chi connectivity index (χ0) is 13.7. The molecule has 0 bridgehead atoms. The zero-order valence-corrected chi connectivity index (χ0v) is 12.4. The normalized spacial score (nSPS) is 10.2. The van der Waals surface area contributed by atoms with Gasteiger partial charge in [-0.1, -0.05) is 24.3 Å². The van der Waals surface area contributed by atoms with Crippen molar-refractivity contribution in [3.05, 3.63) is 69.0 Å². The van der Waals surface area contributed by atoms with Crippen molar-refractivity contribution in [2.75, 3.05) is 6.54 Å². The smallest absolute Gasteiger partial charge is 0.251 e. The van der Waals surface area contributed by atoms with Crippen LogP contribution in [0, 0.1) is 9.39 Å². The Hall–Kier alpha value is -1.43. The van der Waals surface area contributed by atoms with Gasteiger partial charge in [-0.05, 0) is 58.8 Å². The molecule has 0 aliphatic rings. The minimum atomic E-state index is -0.231. The molecule has 0 heterocycles. The van der Waals surface area contributed by atoms with Crippen molar-refractivity contribution in [1.82, 2.24) is 5.32 Å². The highest BCUT2D eigenvalue weighted by atomic mass is 127. The second kappa shape index (κ2) is 6.65. The van der Waals surface area contributed by atoms with Crippen LogP contribution in [0.5, 0.6) is 0 Å². The Balaban J connectivity index is 1.90. The molecule has 1 N–H and O–H groups in total. The summed E-state index contributed by atoms with van der Waals surface area (Å²) in [5.74, 6) is -0.360. The lowest BCUT2D eigenvalue weighted by Gasteiger charge is -2.06. The van der Waals surface area contributed by atoms with Gasteiger partial charge in [-0.3, -0.25) is 4.79 Å². The minimum absolute atomic E-state index is 0.130. The molecular formula is C15H13FINO. The van der Waals surface area contributed by atoms with Crippen molar-refractivity contribution < 1.29 is 9.18 Å². The number of halogens is 2. The first-order chi connectivity index (χ1) is 9.16. The zero-order valence-electron chi connectivity index (χ0n) is 10.2. The quantitative estimate of drug-likeness (QED) is 0.823. The molecule has 2 aromatic rings. The van der Waals surface area contributed by atoms with Crippen molar-refractivity contribution in [3.63, 3.8) is 0 Å². The molecule has 0 aliphatic carbocycles. The van der Waals surface area contributed by atoms with E-state index in [1.807, 2.05) is 18.2 Å². The molecule has 0 atom stereocenters. The molecule has 19 heavy (non-hydrogen) atoms. The van der Waals surface area contributed by atoms with Crippen LogP contribution in [-0.2, 0) is 6.42 Å². The predicted octanol–water partition coefficient (Wildman–Crippen LogP) is 3.40. The molecule has 0 fully saturated rings. The van der Waals surface area contributed by atoms with Gasteiger partial charge in [0.25, 0.3) is 5.91 Å². The van der Waals surface area contributed by atoms with Crippen LogP contribution in [0.25, 0.3) is 0 Å². The van der Waals surface area contributed by atoms with Crippen molar-refractivity contribution >= 4 is 28.5 Å². The highest BCUT2D eigenvalue weighted by Crippen LogP contribution is 2.08. The number of benzene rings is 2. The van der Waals surface area contributed by atoms with Crippen molar-refractivity contribution in [1.29, 1.82) is 0 Å². The Morgan fingerprint density at radius 2 is 1.95 bits per heavy atom. The third-order valence-electron chi connectivity index (χ3n) is 2.72. The standard InChI is InChI=1S/C15H13FINO/c16-14-7-2-1-4-11(14)8-9-18-15(19)12-5-3-6-13(17)10-12/h1-7,10H,8-9H2,(H,18,19). The van der Waals surface area contributed by atoms with Gasteiger partial charge in [0.1, 0.15) is 5.82 Å². The Bertz CT molecular complexity index is 586. The Morgan fingerprint density at radius 3 is 2.68 bits per heavy atom. The SMILES string of the molecule is O=C(NCCc1ccccc1F)c1cccc(I)c1. The van der Waals surface area contributed by atoms with Gasteiger partial charge in [-0.2, -0.15) is 0 Å². The molecule has 4 heteroatoms. The van der Waals surface area contributed by atoms with E-state index in [-0.39, 0.29) is 11.7 Å². The first-order valence-electron chi connectivity index (χ1n) is 5.94. The molecule has 2 rings (SSSR count). The van der Waals surface area contributed by atoms with Gasteiger partial charge in [-0.25, -0.2) is 4.39 Å². The van der Waals surface area contributed by atoms with E-state index in [4.69, 9.17) is 0 Å². The maximum absolute atomic E-state index is 13.4. The Morgan fingerprint density at radius 1 is 1.16 bits per heavy atom. The van der Waals surface area contributed by atoms with E-state index < -0.39 is 0 Å². The topological polar surface area (TPSA) is 29.1 Å². The predicted molar refractivity (Wildman–Crippen MR) is 81.6 cm³/mol. The lowest BCUT2D eigenvalue weighted by molar-refractivity contribution is 0.0954. The van der Waals surface area contributed by atoms with E-state index in [1.54, 1.807) is 24.3 Å². The fraction of sp³-hybridized carbons (Fsp3) is 0.133. The third-order valence-corrected chi connectivity index (χ3v) is 3.40. The van der Waals surface area contributed by atoms with Gasteiger partial charge >= 0.3 is 0 Å². The van der Waals surface area contributed by atoms with E-state index >= 15 is 0 Å². The van der Waals surface area contributed by atoms with Crippen LogP contribution in [0.1, 0.15) is 15.9 Å². The van der Waals surface area contributed by atoms with Gasteiger partial charge in [-0.15, -0.1) is 0 Å². The van der Waals surface area contributed by atoms with Crippen molar-refractivity contribution in [2.24, 2.45) is 0 Å². The summed E-state index contributed by atoms with van der Waals surface area (Å²) in [7, 11) is 0.